The minimum atomic E-state index is -4.43. The maximum absolute atomic E-state index is 12.7. The van der Waals surface area contributed by atoms with Crippen LogP contribution in [0.1, 0.15) is 0 Å². The minimum absolute atomic E-state index is 0.0671. The molecule has 0 radical (unpaired) electrons. The summed E-state index contributed by atoms with van der Waals surface area (Å²) in [5, 5.41) is 11.3. The smallest absolute Gasteiger partial charge is 0.395 e. The molecule has 1 aromatic rings. The zero-order valence-corrected chi connectivity index (χ0v) is 11.6. The predicted molar refractivity (Wildman–Crippen MR) is 71.0 cm³/mol. The van der Waals surface area contributed by atoms with Crippen LogP contribution in [0, 0.1) is 5.82 Å². The van der Waals surface area contributed by atoms with E-state index in [2.05, 4.69) is 10.1 Å². The number of rotatable bonds is 7. The quantitative estimate of drug-likeness (QED) is 0.597. The lowest BCUT2D eigenvalue weighted by Crippen LogP contribution is -2.39. The molecule has 0 saturated heterocycles. The van der Waals surface area contributed by atoms with Crippen molar-refractivity contribution in [3.05, 3.63) is 30.1 Å². The molecule has 2 amide bonds. The molecule has 0 unspecified atom stereocenters. The third-order valence-electron chi connectivity index (χ3n) is 2.52. The van der Waals surface area contributed by atoms with Gasteiger partial charge in [-0.1, -0.05) is 0 Å². The Hall–Kier alpha value is -1.87. The van der Waals surface area contributed by atoms with E-state index in [-0.39, 0.29) is 26.3 Å². The first-order chi connectivity index (χ1) is 10.3. The summed E-state index contributed by atoms with van der Waals surface area (Å²) < 4.78 is 52.9. The zero-order valence-electron chi connectivity index (χ0n) is 11.6. The number of amides is 2. The number of hydrogen-bond donors (Lipinski definition) is 2. The van der Waals surface area contributed by atoms with Crippen molar-refractivity contribution in [1.82, 2.24) is 4.90 Å². The number of urea groups is 1. The van der Waals surface area contributed by atoms with Gasteiger partial charge in [0.1, 0.15) is 12.4 Å². The van der Waals surface area contributed by atoms with E-state index in [9.17, 15) is 22.4 Å². The van der Waals surface area contributed by atoms with Crippen LogP contribution in [-0.4, -0.2) is 55.1 Å². The van der Waals surface area contributed by atoms with Crippen LogP contribution in [0.15, 0.2) is 24.3 Å². The number of aliphatic hydroxyl groups excluding tert-OH is 1. The third-order valence-corrected chi connectivity index (χ3v) is 2.52. The van der Waals surface area contributed by atoms with Gasteiger partial charge in [-0.05, 0) is 24.3 Å². The number of halogens is 4. The molecule has 0 aliphatic rings. The van der Waals surface area contributed by atoms with E-state index in [0.29, 0.717) is 5.69 Å². The van der Waals surface area contributed by atoms with Crippen molar-refractivity contribution in [3.8, 4) is 0 Å². The van der Waals surface area contributed by atoms with E-state index >= 15 is 0 Å². The molecular weight excluding hydrogens is 308 g/mol. The molecule has 0 aromatic heterocycles. The highest BCUT2D eigenvalue weighted by Crippen LogP contribution is 2.14. The molecule has 2 N–H and O–H groups in total. The Morgan fingerprint density at radius 3 is 2.41 bits per heavy atom. The molecule has 22 heavy (non-hydrogen) atoms. The summed E-state index contributed by atoms with van der Waals surface area (Å²) in [6.45, 7) is -2.27. The number of anilines is 1. The van der Waals surface area contributed by atoms with Crippen LogP contribution in [0.3, 0.4) is 0 Å². The number of aliphatic hydroxyl groups is 1. The van der Waals surface area contributed by atoms with Crippen LogP contribution in [0.25, 0.3) is 0 Å². The number of alkyl halides is 3. The van der Waals surface area contributed by atoms with Crippen LogP contribution in [-0.2, 0) is 4.74 Å². The second-order valence-corrected chi connectivity index (χ2v) is 4.32. The number of nitrogens with zero attached hydrogens (tertiary/aromatic N) is 1. The number of benzene rings is 1. The molecule has 9 heteroatoms. The fraction of sp³-hybridized carbons (Fsp3) is 0.462. The van der Waals surface area contributed by atoms with Gasteiger partial charge in [0.25, 0.3) is 0 Å². The Kier molecular flexibility index (Phi) is 7.06. The van der Waals surface area contributed by atoms with Gasteiger partial charge >= 0.3 is 12.2 Å². The van der Waals surface area contributed by atoms with Crippen LogP contribution in [0.4, 0.5) is 28.0 Å². The van der Waals surface area contributed by atoms with Crippen molar-refractivity contribution in [1.29, 1.82) is 0 Å². The van der Waals surface area contributed by atoms with E-state index in [0.717, 1.165) is 17.0 Å². The molecule has 5 nitrogen and oxygen atoms in total. The first-order valence-corrected chi connectivity index (χ1v) is 6.38. The van der Waals surface area contributed by atoms with Crippen molar-refractivity contribution in [3.63, 3.8) is 0 Å². The maximum Gasteiger partial charge on any atom is 0.411 e. The van der Waals surface area contributed by atoms with Crippen LogP contribution >= 0.6 is 0 Å². The van der Waals surface area contributed by atoms with Crippen LogP contribution in [0.5, 0.6) is 0 Å². The number of carbonyl (C=O) groups is 1. The fourth-order valence-electron chi connectivity index (χ4n) is 1.53. The highest BCUT2D eigenvalue weighted by molar-refractivity contribution is 5.89. The standard InChI is InChI=1S/C13H16F4N2O3/c14-10-1-3-11(4-2-10)18-12(21)19(5-7-20)6-8-22-9-13(15,16)17/h1-4,20H,5-9H2,(H,18,21). The van der Waals surface area contributed by atoms with Gasteiger partial charge in [-0.15, -0.1) is 0 Å². The Morgan fingerprint density at radius 2 is 1.86 bits per heavy atom. The van der Waals surface area contributed by atoms with Crippen molar-refractivity contribution in [2.75, 3.05) is 38.2 Å². The Labute approximate surface area is 124 Å². The molecule has 0 atom stereocenters. The summed E-state index contributed by atoms with van der Waals surface area (Å²) >= 11 is 0. The maximum atomic E-state index is 12.7. The molecule has 0 bridgehead atoms. The summed E-state index contributed by atoms with van der Waals surface area (Å²) in [5.74, 6) is -0.467. The highest BCUT2D eigenvalue weighted by Gasteiger charge is 2.27. The minimum Gasteiger partial charge on any atom is -0.395 e. The van der Waals surface area contributed by atoms with Crippen molar-refractivity contribution in [2.24, 2.45) is 0 Å². The van der Waals surface area contributed by atoms with Gasteiger partial charge in [-0.3, -0.25) is 0 Å². The second kappa shape index (κ2) is 8.54. The van der Waals surface area contributed by atoms with Crippen molar-refractivity contribution >= 4 is 11.7 Å². The normalized spacial score (nSPS) is 11.3. The summed E-state index contributed by atoms with van der Waals surface area (Å²) in [4.78, 5) is 13.0. The Balaban J connectivity index is 2.47. The topological polar surface area (TPSA) is 61.8 Å². The molecule has 1 rings (SSSR count). The van der Waals surface area contributed by atoms with E-state index in [1.807, 2.05) is 0 Å². The first kappa shape index (κ1) is 18.2. The molecule has 124 valence electrons. The molecule has 1 aromatic carbocycles. The lowest BCUT2D eigenvalue weighted by Gasteiger charge is -2.22. The van der Waals surface area contributed by atoms with Gasteiger partial charge in [-0.25, -0.2) is 9.18 Å². The number of ether oxygens (including phenoxy) is 1. The Bertz CT molecular complexity index is 465. The van der Waals surface area contributed by atoms with Crippen LogP contribution in [0.2, 0.25) is 0 Å². The van der Waals surface area contributed by atoms with Gasteiger partial charge in [0.15, 0.2) is 0 Å². The lowest BCUT2D eigenvalue weighted by molar-refractivity contribution is -0.174. The first-order valence-electron chi connectivity index (χ1n) is 6.38. The monoisotopic (exact) mass is 324 g/mol. The molecule has 0 saturated carbocycles. The molecule has 0 fully saturated rings. The molecule has 0 aliphatic heterocycles. The van der Waals surface area contributed by atoms with Gasteiger partial charge in [0.2, 0.25) is 0 Å². The number of carbonyl (C=O) groups excluding carboxylic acids is 1. The van der Waals surface area contributed by atoms with E-state index in [4.69, 9.17) is 5.11 Å². The summed E-state index contributed by atoms with van der Waals surface area (Å²) in [6.07, 6.45) is -4.43. The van der Waals surface area contributed by atoms with Crippen LogP contribution < -0.4 is 5.32 Å². The van der Waals surface area contributed by atoms with E-state index < -0.39 is 24.6 Å². The molecule has 0 heterocycles. The Morgan fingerprint density at radius 1 is 1.23 bits per heavy atom. The molecular formula is C13H16F4N2O3. The summed E-state index contributed by atoms with van der Waals surface area (Å²) in [5.41, 5.74) is 0.325. The average Bonchev–Trinajstić information content (AvgIpc) is 2.43. The van der Waals surface area contributed by atoms with Gasteiger partial charge in [0, 0.05) is 18.8 Å². The average molecular weight is 324 g/mol. The summed E-state index contributed by atoms with van der Waals surface area (Å²) in [7, 11) is 0. The summed E-state index contributed by atoms with van der Waals surface area (Å²) in [6, 6.07) is 4.35. The largest absolute Gasteiger partial charge is 0.411 e. The highest BCUT2D eigenvalue weighted by atomic mass is 19.4. The van der Waals surface area contributed by atoms with Gasteiger partial charge in [0.05, 0.1) is 13.2 Å². The second-order valence-electron chi connectivity index (χ2n) is 4.32. The SMILES string of the molecule is O=C(Nc1ccc(F)cc1)N(CCO)CCOCC(F)(F)F. The molecule has 0 aliphatic carbocycles. The van der Waals surface area contributed by atoms with E-state index in [1.54, 1.807) is 0 Å². The number of hydrogen-bond acceptors (Lipinski definition) is 3. The van der Waals surface area contributed by atoms with E-state index in [1.165, 1.54) is 12.1 Å². The third kappa shape index (κ3) is 7.23. The zero-order chi connectivity index (χ0) is 16.6. The van der Waals surface area contributed by atoms with Gasteiger partial charge < -0.3 is 20.1 Å². The molecule has 0 spiro atoms. The lowest BCUT2D eigenvalue weighted by atomic mass is 10.3. The number of nitrogens with one attached hydrogen (secondary N) is 1. The fourth-order valence-corrected chi connectivity index (χ4v) is 1.53. The van der Waals surface area contributed by atoms with Gasteiger partial charge in [-0.2, -0.15) is 13.2 Å². The van der Waals surface area contributed by atoms with Crippen molar-refractivity contribution in [2.45, 2.75) is 6.18 Å². The predicted octanol–water partition coefficient (Wildman–Crippen LogP) is 2.23. The van der Waals surface area contributed by atoms with Crippen molar-refractivity contribution < 1.29 is 32.2 Å².